The molecular weight excluding hydrogens is 290 g/mol. The number of hydrogen-bond acceptors (Lipinski definition) is 4. The van der Waals surface area contributed by atoms with Crippen LogP contribution in [0.25, 0.3) is 12.0 Å². The highest BCUT2D eigenvalue weighted by Gasteiger charge is 2.04. The maximum absolute atomic E-state index is 11.9. The first-order valence-electron chi connectivity index (χ1n) is 7.09. The molecule has 0 aliphatic heterocycles. The lowest BCUT2D eigenvalue weighted by molar-refractivity contribution is -0.111. The number of carbonyl (C=O) groups is 1. The summed E-state index contributed by atoms with van der Waals surface area (Å²) in [4.78, 5) is 24.5. The molecule has 0 atom stereocenters. The van der Waals surface area contributed by atoms with Crippen molar-refractivity contribution in [1.82, 2.24) is 19.5 Å². The Labute approximate surface area is 133 Å². The van der Waals surface area contributed by atoms with Crippen molar-refractivity contribution in [3.8, 4) is 5.95 Å². The van der Waals surface area contributed by atoms with Gasteiger partial charge >= 0.3 is 0 Å². The minimum atomic E-state index is -0.232. The second kappa shape index (κ2) is 6.65. The lowest BCUT2D eigenvalue weighted by atomic mass is 10.2. The summed E-state index contributed by atoms with van der Waals surface area (Å²) in [5.41, 5.74) is 1.50. The minimum absolute atomic E-state index is 0.232. The molecule has 0 fully saturated rings. The zero-order valence-electron chi connectivity index (χ0n) is 12.5. The number of amides is 1. The van der Waals surface area contributed by atoms with Crippen LogP contribution in [0.2, 0.25) is 0 Å². The van der Waals surface area contributed by atoms with Crippen LogP contribution in [0.4, 0.5) is 5.69 Å². The molecule has 3 rings (SSSR count). The van der Waals surface area contributed by atoms with Gasteiger partial charge in [-0.25, -0.2) is 15.0 Å². The summed E-state index contributed by atoms with van der Waals surface area (Å²) in [6.07, 6.45) is 9.82. The fourth-order valence-electron chi connectivity index (χ4n) is 2.02. The molecule has 3 aromatic rings. The van der Waals surface area contributed by atoms with Gasteiger partial charge in [-0.1, -0.05) is 30.3 Å². The summed E-state index contributed by atoms with van der Waals surface area (Å²) in [5.74, 6) is 1.08. The number of imidazole rings is 1. The molecule has 0 saturated heterocycles. The van der Waals surface area contributed by atoms with Gasteiger partial charge < -0.3 is 5.32 Å². The maximum atomic E-state index is 11.9. The summed E-state index contributed by atoms with van der Waals surface area (Å²) >= 11 is 0. The van der Waals surface area contributed by atoms with Crippen LogP contribution in [0.1, 0.15) is 11.4 Å². The van der Waals surface area contributed by atoms with Crippen molar-refractivity contribution in [3.05, 3.63) is 72.6 Å². The van der Waals surface area contributed by atoms with Crippen LogP contribution in [0, 0.1) is 6.92 Å². The molecule has 6 nitrogen and oxygen atoms in total. The third-order valence-corrected chi connectivity index (χ3v) is 3.17. The molecule has 114 valence electrons. The Bertz CT molecular complexity index is 822. The molecule has 1 aromatic carbocycles. The molecule has 23 heavy (non-hydrogen) atoms. The fourth-order valence-corrected chi connectivity index (χ4v) is 2.02. The van der Waals surface area contributed by atoms with Crippen molar-refractivity contribution in [1.29, 1.82) is 0 Å². The summed E-state index contributed by atoms with van der Waals surface area (Å²) in [5, 5.41) is 2.72. The quantitative estimate of drug-likeness (QED) is 0.752. The number of nitrogens with one attached hydrogen (secondary N) is 1. The normalized spacial score (nSPS) is 10.8. The predicted molar refractivity (Wildman–Crippen MR) is 88.0 cm³/mol. The number of aromatic nitrogens is 4. The van der Waals surface area contributed by atoms with Gasteiger partial charge in [-0.3, -0.25) is 9.36 Å². The van der Waals surface area contributed by atoms with Crippen molar-refractivity contribution in [2.24, 2.45) is 0 Å². The molecule has 0 aliphatic rings. The van der Waals surface area contributed by atoms with E-state index < -0.39 is 0 Å². The molecule has 0 saturated carbocycles. The van der Waals surface area contributed by atoms with Crippen LogP contribution in [0.3, 0.4) is 0 Å². The van der Waals surface area contributed by atoms with Crippen molar-refractivity contribution in [2.75, 3.05) is 5.32 Å². The molecule has 1 N–H and O–H groups in total. The lowest BCUT2D eigenvalue weighted by Crippen LogP contribution is -2.09. The first kappa shape index (κ1) is 14.6. The third kappa shape index (κ3) is 3.68. The van der Waals surface area contributed by atoms with Gasteiger partial charge in [0.25, 0.3) is 0 Å². The molecule has 0 bridgehead atoms. The monoisotopic (exact) mass is 305 g/mol. The predicted octanol–water partition coefficient (Wildman–Crippen LogP) is 2.62. The first-order chi connectivity index (χ1) is 11.2. The Morgan fingerprint density at radius 2 is 1.87 bits per heavy atom. The summed E-state index contributed by atoms with van der Waals surface area (Å²) < 4.78 is 1.76. The molecule has 0 unspecified atom stereocenters. The Morgan fingerprint density at radius 3 is 2.52 bits per heavy atom. The Kier molecular flexibility index (Phi) is 4.24. The van der Waals surface area contributed by atoms with Crippen molar-refractivity contribution < 1.29 is 4.79 Å². The molecule has 0 radical (unpaired) electrons. The van der Waals surface area contributed by atoms with Crippen LogP contribution in [-0.4, -0.2) is 25.4 Å². The molecule has 0 spiro atoms. The summed E-state index contributed by atoms with van der Waals surface area (Å²) in [6, 6.07) is 9.62. The van der Waals surface area contributed by atoms with E-state index >= 15 is 0 Å². The number of carbonyl (C=O) groups excluding carboxylic acids is 1. The van der Waals surface area contributed by atoms with Crippen LogP contribution in [-0.2, 0) is 4.79 Å². The Hall–Kier alpha value is -3.28. The van der Waals surface area contributed by atoms with Gasteiger partial charge in [0.1, 0.15) is 5.82 Å². The largest absolute Gasteiger partial charge is 0.320 e. The second-order valence-electron chi connectivity index (χ2n) is 4.85. The van der Waals surface area contributed by atoms with Gasteiger partial charge in [-0.2, -0.15) is 0 Å². The van der Waals surface area contributed by atoms with E-state index in [1.165, 1.54) is 6.08 Å². The second-order valence-corrected chi connectivity index (χ2v) is 4.85. The zero-order valence-corrected chi connectivity index (χ0v) is 12.5. The van der Waals surface area contributed by atoms with Crippen LogP contribution >= 0.6 is 0 Å². The van der Waals surface area contributed by atoms with Crippen LogP contribution in [0.15, 0.2) is 61.2 Å². The van der Waals surface area contributed by atoms with Gasteiger partial charge in [-0.15, -0.1) is 0 Å². The van der Waals surface area contributed by atoms with E-state index in [1.54, 1.807) is 35.4 Å². The van der Waals surface area contributed by atoms with Crippen molar-refractivity contribution in [3.63, 3.8) is 0 Å². The maximum Gasteiger partial charge on any atom is 0.248 e. The van der Waals surface area contributed by atoms with Gasteiger partial charge in [-0.05, 0) is 18.6 Å². The van der Waals surface area contributed by atoms with Crippen molar-refractivity contribution >= 4 is 17.7 Å². The number of benzene rings is 1. The van der Waals surface area contributed by atoms with Gasteiger partial charge in [0.15, 0.2) is 0 Å². The van der Waals surface area contributed by atoms with Gasteiger partial charge in [0.05, 0.1) is 18.1 Å². The highest BCUT2D eigenvalue weighted by Crippen LogP contribution is 2.08. The Balaban J connectivity index is 1.65. The van der Waals surface area contributed by atoms with Gasteiger partial charge in [0.2, 0.25) is 11.9 Å². The van der Waals surface area contributed by atoms with E-state index in [2.05, 4.69) is 20.3 Å². The SMILES string of the molecule is Cc1nccn1-c1ncc(NC(=O)C=Cc2ccccc2)cn1. The smallest absolute Gasteiger partial charge is 0.248 e. The summed E-state index contributed by atoms with van der Waals surface area (Å²) in [6.45, 7) is 1.87. The molecule has 2 aromatic heterocycles. The number of aryl methyl sites for hydroxylation is 1. The van der Waals surface area contributed by atoms with Gasteiger partial charge in [0, 0.05) is 18.5 Å². The number of rotatable bonds is 4. The van der Waals surface area contributed by atoms with E-state index in [1.807, 2.05) is 37.3 Å². The molecular formula is C17H15N5O. The standard InChI is InChI=1S/C17H15N5O/c1-13-18-9-10-22(13)17-19-11-15(12-20-17)21-16(23)8-7-14-5-3-2-4-6-14/h2-12H,1H3,(H,21,23). The molecule has 6 heteroatoms. The summed E-state index contributed by atoms with van der Waals surface area (Å²) in [7, 11) is 0. The average molecular weight is 305 g/mol. The van der Waals surface area contributed by atoms with E-state index in [-0.39, 0.29) is 5.91 Å². The van der Waals surface area contributed by atoms with Crippen molar-refractivity contribution in [2.45, 2.75) is 6.92 Å². The molecule has 1 amide bonds. The molecule has 0 aliphatic carbocycles. The highest BCUT2D eigenvalue weighted by molar-refractivity contribution is 6.01. The topological polar surface area (TPSA) is 72.7 Å². The van der Waals surface area contributed by atoms with E-state index in [0.717, 1.165) is 11.4 Å². The van der Waals surface area contributed by atoms with E-state index in [0.29, 0.717) is 11.6 Å². The van der Waals surface area contributed by atoms with E-state index in [4.69, 9.17) is 0 Å². The first-order valence-corrected chi connectivity index (χ1v) is 7.09. The van der Waals surface area contributed by atoms with Crippen LogP contribution in [0.5, 0.6) is 0 Å². The number of hydrogen-bond donors (Lipinski definition) is 1. The minimum Gasteiger partial charge on any atom is -0.320 e. The average Bonchev–Trinajstić information content (AvgIpc) is 3.01. The molecule has 2 heterocycles. The van der Waals surface area contributed by atoms with Crippen LogP contribution < -0.4 is 5.32 Å². The Morgan fingerprint density at radius 1 is 1.13 bits per heavy atom. The number of nitrogens with zero attached hydrogens (tertiary/aromatic N) is 4. The zero-order chi connectivity index (χ0) is 16.1. The fraction of sp³-hybridized carbons (Fsp3) is 0.0588. The number of anilines is 1. The lowest BCUT2D eigenvalue weighted by Gasteiger charge is -2.04. The highest BCUT2D eigenvalue weighted by atomic mass is 16.1. The third-order valence-electron chi connectivity index (χ3n) is 3.17. The van der Waals surface area contributed by atoms with E-state index in [9.17, 15) is 4.79 Å².